The van der Waals surface area contributed by atoms with Crippen LogP contribution in [0.15, 0.2) is 29.2 Å². The summed E-state index contributed by atoms with van der Waals surface area (Å²) in [7, 11) is -3.41. The molecule has 1 aliphatic rings. The molecule has 0 spiro atoms. The first-order valence-corrected chi connectivity index (χ1v) is 10.2. The molecule has 2 atom stereocenters. The molecule has 4 nitrogen and oxygen atoms in total. The fourth-order valence-corrected chi connectivity index (χ4v) is 5.00. The number of hydrogen-bond donors (Lipinski definition) is 2. The van der Waals surface area contributed by atoms with Crippen molar-refractivity contribution in [2.75, 3.05) is 12.8 Å². The lowest BCUT2D eigenvalue weighted by atomic mass is 10.2. The maximum absolute atomic E-state index is 12.4. The Labute approximate surface area is 132 Å². The molecule has 0 bridgehead atoms. The Bertz CT molecular complexity index is 543. The van der Waals surface area contributed by atoms with Crippen LogP contribution in [0.1, 0.15) is 31.7 Å². The SMILES string of the molecule is CCNCc1ccc(S(=O)(=O)NC2CCCC2SC)cc1. The zero-order valence-corrected chi connectivity index (χ0v) is 14.3. The number of hydrogen-bond acceptors (Lipinski definition) is 4. The van der Waals surface area contributed by atoms with Gasteiger partial charge >= 0.3 is 0 Å². The van der Waals surface area contributed by atoms with Crippen molar-refractivity contribution in [1.82, 2.24) is 10.0 Å². The van der Waals surface area contributed by atoms with Crippen molar-refractivity contribution >= 4 is 21.8 Å². The summed E-state index contributed by atoms with van der Waals surface area (Å²) in [5.74, 6) is 0. The molecular formula is C15H24N2O2S2. The summed E-state index contributed by atoms with van der Waals surface area (Å²) in [6.45, 7) is 3.72. The van der Waals surface area contributed by atoms with Crippen molar-refractivity contribution in [3.05, 3.63) is 29.8 Å². The normalized spacial score (nSPS) is 22.6. The second-order valence-electron chi connectivity index (χ2n) is 5.36. The van der Waals surface area contributed by atoms with E-state index >= 15 is 0 Å². The van der Waals surface area contributed by atoms with E-state index in [9.17, 15) is 8.42 Å². The van der Waals surface area contributed by atoms with Crippen molar-refractivity contribution in [2.45, 2.75) is 48.9 Å². The van der Waals surface area contributed by atoms with Gasteiger partial charge in [0, 0.05) is 17.8 Å². The monoisotopic (exact) mass is 328 g/mol. The molecule has 2 N–H and O–H groups in total. The van der Waals surface area contributed by atoms with Gasteiger partial charge in [-0.15, -0.1) is 0 Å². The van der Waals surface area contributed by atoms with E-state index in [1.807, 2.05) is 25.3 Å². The first-order valence-electron chi connectivity index (χ1n) is 7.41. The standard InChI is InChI=1S/C15H24N2O2S2/c1-3-16-11-12-7-9-13(10-8-12)21(18,19)17-14-5-4-6-15(14)20-2/h7-10,14-17H,3-6,11H2,1-2H3. The Morgan fingerprint density at radius 2 is 1.95 bits per heavy atom. The third-order valence-corrected chi connectivity index (χ3v) is 6.55. The van der Waals surface area contributed by atoms with Gasteiger partial charge in [-0.1, -0.05) is 25.5 Å². The van der Waals surface area contributed by atoms with Crippen molar-refractivity contribution in [2.24, 2.45) is 0 Å². The maximum Gasteiger partial charge on any atom is 0.240 e. The Morgan fingerprint density at radius 3 is 2.57 bits per heavy atom. The Hall–Kier alpha value is -0.560. The van der Waals surface area contributed by atoms with Crippen LogP contribution in [0, 0.1) is 0 Å². The summed E-state index contributed by atoms with van der Waals surface area (Å²) in [5.41, 5.74) is 1.10. The molecule has 0 aliphatic heterocycles. The van der Waals surface area contributed by atoms with Gasteiger partial charge in [-0.25, -0.2) is 13.1 Å². The van der Waals surface area contributed by atoms with Gasteiger partial charge in [-0.05, 0) is 43.3 Å². The highest BCUT2D eigenvalue weighted by atomic mass is 32.2. The van der Waals surface area contributed by atoms with E-state index in [2.05, 4.69) is 10.0 Å². The van der Waals surface area contributed by atoms with Crippen LogP contribution in [0.2, 0.25) is 0 Å². The molecule has 2 unspecified atom stereocenters. The minimum atomic E-state index is -3.41. The van der Waals surface area contributed by atoms with E-state index in [1.165, 1.54) is 0 Å². The topological polar surface area (TPSA) is 58.2 Å². The van der Waals surface area contributed by atoms with Crippen molar-refractivity contribution in [3.8, 4) is 0 Å². The predicted molar refractivity (Wildman–Crippen MR) is 89.1 cm³/mol. The van der Waals surface area contributed by atoms with E-state index in [0.29, 0.717) is 10.1 Å². The van der Waals surface area contributed by atoms with E-state index in [4.69, 9.17) is 0 Å². The fraction of sp³-hybridized carbons (Fsp3) is 0.600. The molecule has 1 aromatic rings. The molecular weight excluding hydrogens is 304 g/mol. The average Bonchev–Trinajstić information content (AvgIpc) is 2.92. The lowest BCUT2D eigenvalue weighted by molar-refractivity contribution is 0.555. The minimum Gasteiger partial charge on any atom is -0.313 e. The molecule has 2 rings (SSSR count). The fourth-order valence-electron chi connectivity index (χ4n) is 2.67. The van der Waals surface area contributed by atoms with Gasteiger partial charge in [0.2, 0.25) is 10.0 Å². The number of rotatable bonds is 7. The van der Waals surface area contributed by atoms with Gasteiger partial charge in [-0.3, -0.25) is 0 Å². The predicted octanol–water partition coefficient (Wildman–Crippen LogP) is 2.36. The highest BCUT2D eigenvalue weighted by Crippen LogP contribution is 2.29. The molecule has 1 fully saturated rings. The van der Waals surface area contributed by atoms with Gasteiger partial charge in [0.15, 0.2) is 0 Å². The molecule has 0 amide bonds. The zero-order chi connectivity index (χ0) is 15.3. The Balaban J connectivity index is 2.05. The number of thioether (sulfide) groups is 1. The summed E-state index contributed by atoms with van der Waals surface area (Å²) in [5, 5.41) is 3.62. The summed E-state index contributed by atoms with van der Waals surface area (Å²) < 4.78 is 27.7. The van der Waals surface area contributed by atoms with Gasteiger partial charge in [0.25, 0.3) is 0 Å². The molecule has 1 aliphatic carbocycles. The molecule has 0 radical (unpaired) electrons. The van der Waals surface area contributed by atoms with Crippen LogP contribution in [0.3, 0.4) is 0 Å². The quantitative estimate of drug-likeness (QED) is 0.807. The summed E-state index contributed by atoms with van der Waals surface area (Å²) in [4.78, 5) is 0.356. The lowest BCUT2D eigenvalue weighted by Gasteiger charge is -2.19. The van der Waals surface area contributed by atoms with E-state index in [0.717, 1.165) is 37.9 Å². The Kier molecular flexibility index (Phi) is 6.10. The molecule has 1 saturated carbocycles. The summed E-state index contributed by atoms with van der Waals surface area (Å²) in [6, 6.07) is 7.19. The highest BCUT2D eigenvalue weighted by molar-refractivity contribution is 7.99. The second-order valence-corrected chi connectivity index (χ2v) is 8.15. The van der Waals surface area contributed by atoms with Crippen LogP contribution in [0.4, 0.5) is 0 Å². The third kappa shape index (κ3) is 4.45. The molecule has 0 aromatic heterocycles. The highest BCUT2D eigenvalue weighted by Gasteiger charge is 2.30. The Morgan fingerprint density at radius 1 is 1.24 bits per heavy atom. The van der Waals surface area contributed by atoms with E-state index < -0.39 is 10.0 Å². The van der Waals surface area contributed by atoms with Gasteiger partial charge in [0.1, 0.15) is 0 Å². The first-order chi connectivity index (χ1) is 10.1. The van der Waals surface area contributed by atoms with E-state index in [1.54, 1.807) is 23.9 Å². The average molecular weight is 329 g/mol. The van der Waals surface area contributed by atoms with Crippen LogP contribution in [-0.4, -0.2) is 32.5 Å². The van der Waals surface area contributed by atoms with Gasteiger partial charge in [0.05, 0.1) is 4.90 Å². The third-order valence-electron chi connectivity index (χ3n) is 3.87. The molecule has 6 heteroatoms. The van der Waals surface area contributed by atoms with Gasteiger partial charge in [-0.2, -0.15) is 11.8 Å². The van der Waals surface area contributed by atoms with Crippen LogP contribution < -0.4 is 10.0 Å². The summed E-state index contributed by atoms with van der Waals surface area (Å²) in [6.07, 6.45) is 5.17. The maximum atomic E-state index is 12.4. The van der Waals surface area contributed by atoms with Crippen molar-refractivity contribution in [1.29, 1.82) is 0 Å². The first kappa shape index (κ1) is 16.8. The smallest absolute Gasteiger partial charge is 0.240 e. The molecule has 0 saturated heterocycles. The number of benzene rings is 1. The van der Waals surface area contributed by atoms with Crippen molar-refractivity contribution in [3.63, 3.8) is 0 Å². The zero-order valence-electron chi connectivity index (χ0n) is 12.6. The van der Waals surface area contributed by atoms with Crippen LogP contribution in [0.25, 0.3) is 0 Å². The molecule has 0 heterocycles. The number of nitrogens with one attached hydrogen (secondary N) is 2. The number of sulfonamides is 1. The van der Waals surface area contributed by atoms with Gasteiger partial charge < -0.3 is 5.32 Å². The largest absolute Gasteiger partial charge is 0.313 e. The van der Waals surface area contributed by atoms with Crippen molar-refractivity contribution < 1.29 is 8.42 Å². The molecule has 1 aromatic carbocycles. The van der Waals surface area contributed by atoms with Crippen LogP contribution in [0.5, 0.6) is 0 Å². The minimum absolute atomic E-state index is 0.0615. The van der Waals surface area contributed by atoms with Crippen LogP contribution >= 0.6 is 11.8 Å². The van der Waals surface area contributed by atoms with Crippen LogP contribution in [-0.2, 0) is 16.6 Å². The summed E-state index contributed by atoms with van der Waals surface area (Å²) >= 11 is 1.75. The second kappa shape index (κ2) is 7.63. The molecule has 21 heavy (non-hydrogen) atoms. The lowest BCUT2D eigenvalue weighted by Crippen LogP contribution is -2.38. The van der Waals surface area contributed by atoms with E-state index in [-0.39, 0.29) is 6.04 Å². The molecule has 118 valence electrons.